The van der Waals surface area contributed by atoms with Gasteiger partial charge in [0.25, 0.3) is 0 Å². The maximum atomic E-state index is 11.0. The second-order valence-electron chi connectivity index (χ2n) is 2.37. The minimum absolute atomic E-state index is 0.157. The molecule has 0 unspecified atom stereocenters. The lowest BCUT2D eigenvalue weighted by Gasteiger charge is -1.99. The Bertz CT molecular complexity index is 331. The van der Waals surface area contributed by atoms with Gasteiger partial charge < -0.3 is 9.53 Å². The van der Waals surface area contributed by atoms with E-state index in [2.05, 4.69) is 4.43 Å². The lowest BCUT2D eigenvalue weighted by Crippen LogP contribution is -2.03. The van der Waals surface area contributed by atoms with Crippen LogP contribution in [0.1, 0.15) is 20.7 Å². The summed E-state index contributed by atoms with van der Waals surface area (Å²) in [6, 6.07) is 5.61. The molecule has 68 valence electrons. The van der Waals surface area contributed by atoms with Crippen LogP contribution in [0.25, 0.3) is 0 Å². The fourth-order valence-electron chi connectivity index (χ4n) is 0.867. The highest BCUT2D eigenvalue weighted by molar-refractivity contribution is 6.09. The monoisotopic (exact) mass is 196 g/mol. The summed E-state index contributed by atoms with van der Waals surface area (Å²) in [5.41, 5.74) is 0.532. The number of aromatic carboxylic acids is 1. The number of carbonyl (C=O) groups is 2. The minimum Gasteiger partial charge on any atom is -0.525 e. The maximum Gasteiger partial charge on any atom is 0.335 e. The van der Waals surface area contributed by atoms with E-state index in [1.165, 1.54) is 24.3 Å². The number of carbonyl (C=O) groups excluding carboxylic acids is 1. The summed E-state index contributed by atoms with van der Waals surface area (Å²) in [5.74, 6) is -1.42. The van der Waals surface area contributed by atoms with Crippen LogP contribution in [-0.4, -0.2) is 27.5 Å². The molecule has 1 rings (SSSR count). The summed E-state index contributed by atoms with van der Waals surface area (Å²) in [6.45, 7) is 0. The Labute approximate surface area is 77.7 Å². The molecule has 1 N–H and O–H groups in total. The van der Waals surface area contributed by atoms with Crippen LogP contribution in [0, 0.1) is 0 Å². The molecule has 0 aliphatic heterocycles. The van der Waals surface area contributed by atoms with E-state index in [-0.39, 0.29) is 5.56 Å². The molecule has 0 spiro atoms. The SMILES string of the molecule is O=C(O)c1ccc(C(=O)O[SiH3])cc1. The standard InChI is InChI=1S/C8H8O4Si/c9-7(10)5-1-3-6(4-2-5)8(11)12-13/h1-4H,13H3,(H,9,10). The van der Waals surface area contributed by atoms with Crippen LogP contribution >= 0.6 is 0 Å². The van der Waals surface area contributed by atoms with Gasteiger partial charge >= 0.3 is 11.9 Å². The van der Waals surface area contributed by atoms with Crippen molar-refractivity contribution in [1.29, 1.82) is 0 Å². The average Bonchev–Trinajstić information content (AvgIpc) is 2.17. The van der Waals surface area contributed by atoms with E-state index in [1.807, 2.05) is 0 Å². The van der Waals surface area contributed by atoms with Crippen LogP contribution in [0.4, 0.5) is 0 Å². The van der Waals surface area contributed by atoms with Gasteiger partial charge in [-0.05, 0) is 24.3 Å². The van der Waals surface area contributed by atoms with Gasteiger partial charge in [-0.15, -0.1) is 0 Å². The zero-order valence-corrected chi connectivity index (χ0v) is 8.98. The minimum atomic E-state index is -1.01. The van der Waals surface area contributed by atoms with E-state index in [4.69, 9.17) is 5.11 Å². The van der Waals surface area contributed by atoms with Gasteiger partial charge in [-0.2, -0.15) is 0 Å². The lowest BCUT2D eigenvalue weighted by molar-refractivity contribution is 0.0693. The van der Waals surface area contributed by atoms with Gasteiger partial charge in [-0.1, -0.05) is 0 Å². The molecule has 4 nitrogen and oxygen atoms in total. The van der Waals surface area contributed by atoms with Crippen molar-refractivity contribution in [3.05, 3.63) is 35.4 Å². The zero-order chi connectivity index (χ0) is 9.84. The third kappa shape index (κ3) is 2.16. The molecular weight excluding hydrogens is 188 g/mol. The van der Waals surface area contributed by atoms with Crippen LogP contribution in [0.15, 0.2) is 24.3 Å². The number of hydrogen-bond donors (Lipinski definition) is 1. The molecule has 0 aliphatic rings. The molecule has 1 aromatic rings. The Morgan fingerprint density at radius 2 is 1.62 bits per heavy atom. The average molecular weight is 196 g/mol. The van der Waals surface area contributed by atoms with Crippen molar-refractivity contribution in [3.8, 4) is 0 Å². The van der Waals surface area contributed by atoms with Gasteiger partial charge in [0.05, 0.1) is 11.1 Å². The van der Waals surface area contributed by atoms with E-state index in [0.717, 1.165) is 0 Å². The quantitative estimate of drug-likeness (QED) is 0.666. The number of carboxylic acid groups (broad SMARTS) is 1. The van der Waals surface area contributed by atoms with Gasteiger partial charge in [0.15, 0.2) is 0 Å². The predicted molar refractivity (Wildman–Crippen MR) is 48.8 cm³/mol. The Morgan fingerprint density at radius 3 is 2.00 bits per heavy atom. The van der Waals surface area contributed by atoms with Crippen molar-refractivity contribution in [2.24, 2.45) is 0 Å². The number of carboxylic acids is 1. The van der Waals surface area contributed by atoms with E-state index < -0.39 is 11.9 Å². The summed E-state index contributed by atoms with van der Waals surface area (Å²) >= 11 is 0. The third-order valence-corrected chi connectivity index (χ3v) is 1.92. The second kappa shape index (κ2) is 3.86. The highest BCUT2D eigenvalue weighted by atomic mass is 28.2. The third-order valence-electron chi connectivity index (χ3n) is 1.55. The van der Waals surface area contributed by atoms with Crippen LogP contribution < -0.4 is 0 Å². The fourth-order valence-corrected chi connectivity index (χ4v) is 1.10. The van der Waals surface area contributed by atoms with Crippen molar-refractivity contribution >= 4 is 22.4 Å². The van der Waals surface area contributed by atoms with E-state index in [1.54, 1.807) is 0 Å². The highest BCUT2D eigenvalue weighted by Gasteiger charge is 2.06. The second-order valence-corrected chi connectivity index (χ2v) is 2.78. The Hall–Kier alpha value is -1.62. The smallest absolute Gasteiger partial charge is 0.335 e. The van der Waals surface area contributed by atoms with Gasteiger partial charge in [0.1, 0.15) is 0 Å². The first kappa shape index (κ1) is 9.46. The molecule has 0 saturated carbocycles. The Balaban J connectivity index is 2.93. The zero-order valence-electron chi connectivity index (χ0n) is 6.98. The number of rotatable bonds is 2. The summed E-state index contributed by atoms with van der Waals surface area (Å²) in [6.07, 6.45) is 0. The normalized spacial score (nSPS) is 9.54. The largest absolute Gasteiger partial charge is 0.525 e. The number of benzene rings is 1. The number of hydrogen-bond acceptors (Lipinski definition) is 3. The lowest BCUT2D eigenvalue weighted by atomic mass is 10.1. The van der Waals surface area contributed by atoms with Crippen molar-refractivity contribution in [2.45, 2.75) is 0 Å². The van der Waals surface area contributed by atoms with E-state index in [9.17, 15) is 9.59 Å². The van der Waals surface area contributed by atoms with Crippen LogP contribution in [-0.2, 0) is 4.43 Å². The van der Waals surface area contributed by atoms with Gasteiger partial charge in [0.2, 0.25) is 10.5 Å². The molecule has 0 aromatic heterocycles. The topological polar surface area (TPSA) is 63.6 Å². The summed E-state index contributed by atoms with van der Waals surface area (Å²) in [5, 5.41) is 8.56. The maximum absolute atomic E-state index is 11.0. The fraction of sp³-hybridized carbons (Fsp3) is 0. The van der Waals surface area contributed by atoms with Crippen molar-refractivity contribution in [2.75, 3.05) is 0 Å². The van der Waals surface area contributed by atoms with E-state index >= 15 is 0 Å². The Kier molecular flexibility index (Phi) is 2.81. The molecule has 0 amide bonds. The molecule has 0 atom stereocenters. The van der Waals surface area contributed by atoms with Crippen LogP contribution in [0.2, 0.25) is 0 Å². The predicted octanol–water partition coefficient (Wildman–Crippen LogP) is -0.178. The van der Waals surface area contributed by atoms with Gasteiger partial charge in [-0.25, -0.2) is 9.59 Å². The summed E-state index contributed by atoms with van der Waals surface area (Å²) < 4.78 is 4.59. The van der Waals surface area contributed by atoms with Crippen molar-refractivity contribution in [1.82, 2.24) is 0 Å². The Morgan fingerprint density at radius 1 is 1.15 bits per heavy atom. The summed E-state index contributed by atoms with van der Waals surface area (Å²) in [4.78, 5) is 21.4. The molecule has 0 radical (unpaired) electrons. The summed E-state index contributed by atoms with van der Waals surface area (Å²) in [7, 11) is 0.337. The first-order valence-corrected chi connectivity index (χ1v) is 4.38. The molecule has 0 saturated heterocycles. The molecule has 0 bridgehead atoms. The van der Waals surface area contributed by atoms with E-state index in [0.29, 0.717) is 16.0 Å². The van der Waals surface area contributed by atoms with Crippen molar-refractivity contribution < 1.29 is 19.1 Å². The van der Waals surface area contributed by atoms with Crippen molar-refractivity contribution in [3.63, 3.8) is 0 Å². The van der Waals surface area contributed by atoms with Crippen LogP contribution in [0.3, 0.4) is 0 Å². The molecule has 0 heterocycles. The molecular formula is C8H8O4Si. The molecule has 0 aliphatic carbocycles. The van der Waals surface area contributed by atoms with Crippen LogP contribution in [0.5, 0.6) is 0 Å². The molecule has 5 heteroatoms. The van der Waals surface area contributed by atoms with Gasteiger partial charge in [-0.3, -0.25) is 0 Å². The highest BCUT2D eigenvalue weighted by Crippen LogP contribution is 2.05. The first-order chi connectivity index (χ1) is 6.15. The molecule has 13 heavy (non-hydrogen) atoms. The van der Waals surface area contributed by atoms with Gasteiger partial charge in [0, 0.05) is 0 Å². The first-order valence-electron chi connectivity index (χ1n) is 3.57. The molecule has 1 aromatic carbocycles. The molecule has 0 fully saturated rings.